The third kappa shape index (κ3) is 4.62. The molecule has 25 heavy (non-hydrogen) atoms. The zero-order chi connectivity index (χ0) is 17.6. The summed E-state index contributed by atoms with van der Waals surface area (Å²) in [6, 6.07) is 4.06. The van der Waals surface area contributed by atoms with Crippen molar-refractivity contribution in [3.8, 4) is 10.7 Å². The Kier molecular flexibility index (Phi) is 6.50. The third-order valence-corrected chi connectivity index (χ3v) is 6.02. The Hall–Kier alpha value is -1.38. The van der Waals surface area contributed by atoms with E-state index in [1.165, 1.54) is 11.8 Å². The average molecular weight is 381 g/mol. The molecule has 1 amide bonds. The number of carbonyl (C=O) groups excluding carboxylic acids is 1. The summed E-state index contributed by atoms with van der Waals surface area (Å²) in [5.74, 6) is 0.894. The van der Waals surface area contributed by atoms with Crippen molar-refractivity contribution in [3.63, 3.8) is 0 Å². The summed E-state index contributed by atoms with van der Waals surface area (Å²) in [6.07, 6.45) is 3.28. The lowest BCUT2D eigenvalue weighted by atomic mass is 10.2. The minimum atomic E-state index is -0.213. The van der Waals surface area contributed by atoms with Crippen LogP contribution in [0.4, 0.5) is 0 Å². The number of ether oxygens (including phenoxy) is 1. The van der Waals surface area contributed by atoms with E-state index >= 15 is 0 Å². The van der Waals surface area contributed by atoms with Crippen LogP contribution in [0.2, 0.25) is 0 Å². The van der Waals surface area contributed by atoms with Crippen LogP contribution in [0.25, 0.3) is 10.7 Å². The van der Waals surface area contributed by atoms with Crippen molar-refractivity contribution in [2.45, 2.75) is 56.2 Å². The van der Waals surface area contributed by atoms with Gasteiger partial charge in [-0.3, -0.25) is 9.36 Å². The molecular weight excluding hydrogens is 356 g/mol. The van der Waals surface area contributed by atoms with Crippen molar-refractivity contribution in [1.82, 2.24) is 20.1 Å². The second-order valence-electron chi connectivity index (χ2n) is 6.08. The lowest BCUT2D eigenvalue weighted by Crippen LogP contribution is -2.31. The van der Waals surface area contributed by atoms with Crippen molar-refractivity contribution in [2.24, 2.45) is 0 Å². The van der Waals surface area contributed by atoms with E-state index in [9.17, 15) is 4.79 Å². The molecule has 0 aromatic carbocycles. The van der Waals surface area contributed by atoms with E-state index in [-0.39, 0.29) is 17.3 Å². The fraction of sp³-hybridized carbons (Fsp3) is 0.588. The number of thiophene rings is 1. The Bertz CT molecular complexity index is 681. The van der Waals surface area contributed by atoms with E-state index in [0.29, 0.717) is 6.54 Å². The topological polar surface area (TPSA) is 69.0 Å². The van der Waals surface area contributed by atoms with Crippen LogP contribution < -0.4 is 5.32 Å². The Morgan fingerprint density at radius 2 is 2.44 bits per heavy atom. The molecule has 2 unspecified atom stereocenters. The SMILES string of the molecule is CCCNC(=O)C(C)Sc1nnc(-c2cccs2)n1CC1CCCO1. The summed E-state index contributed by atoms with van der Waals surface area (Å²) in [6.45, 7) is 6.20. The molecule has 3 rings (SSSR count). The standard InChI is InChI=1S/C17H24N4O2S2/c1-3-8-18-16(22)12(2)25-17-20-19-15(14-7-5-10-24-14)21(17)11-13-6-4-9-23-13/h5,7,10,12-13H,3-4,6,8-9,11H2,1-2H3,(H,18,22). The van der Waals surface area contributed by atoms with Gasteiger partial charge in [0.1, 0.15) is 0 Å². The first-order valence-electron chi connectivity index (χ1n) is 8.72. The molecule has 1 saturated heterocycles. The van der Waals surface area contributed by atoms with E-state index in [1.807, 2.05) is 31.4 Å². The van der Waals surface area contributed by atoms with Gasteiger partial charge < -0.3 is 10.1 Å². The van der Waals surface area contributed by atoms with Crippen molar-refractivity contribution in [2.75, 3.05) is 13.2 Å². The van der Waals surface area contributed by atoms with Gasteiger partial charge in [-0.25, -0.2) is 0 Å². The summed E-state index contributed by atoms with van der Waals surface area (Å²) in [7, 11) is 0. The number of aromatic nitrogens is 3. The summed E-state index contributed by atoms with van der Waals surface area (Å²) in [4.78, 5) is 13.3. The van der Waals surface area contributed by atoms with Gasteiger partial charge in [-0.15, -0.1) is 21.5 Å². The van der Waals surface area contributed by atoms with Gasteiger partial charge in [0.2, 0.25) is 5.91 Å². The molecule has 1 fully saturated rings. The third-order valence-electron chi connectivity index (χ3n) is 4.07. The Labute approximate surface area is 156 Å². The highest BCUT2D eigenvalue weighted by molar-refractivity contribution is 8.00. The zero-order valence-corrected chi connectivity index (χ0v) is 16.2. The van der Waals surface area contributed by atoms with Gasteiger partial charge in [0.15, 0.2) is 11.0 Å². The molecule has 1 aliphatic rings. The number of nitrogens with one attached hydrogen (secondary N) is 1. The van der Waals surface area contributed by atoms with Gasteiger partial charge in [-0.05, 0) is 37.6 Å². The second kappa shape index (κ2) is 8.82. The van der Waals surface area contributed by atoms with Crippen molar-refractivity contribution >= 4 is 29.0 Å². The highest BCUT2D eigenvalue weighted by Gasteiger charge is 2.24. The van der Waals surface area contributed by atoms with Crippen molar-refractivity contribution < 1.29 is 9.53 Å². The number of amides is 1. The lowest BCUT2D eigenvalue weighted by molar-refractivity contribution is -0.120. The van der Waals surface area contributed by atoms with Gasteiger partial charge >= 0.3 is 0 Å². The average Bonchev–Trinajstić information content (AvgIpc) is 3.35. The fourth-order valence-corrected chi connectivity index (χ4v) is 4.32. The monoisotopic (exact) mass is 380 g/mol. The molecule has 1 aliphatic heterocycles. The Balaban J connectivity index is 1.79. The lowest BCUT2D eigenvalue weighted by Gasteiger charge is -2.16. The first kappa shape index (κ1) is 18.4. The van der Waals surface area contributed by atoms with E-state index in [2.05, 4.69) is 20.1 Å². The molecular formula is C17H24N4O2S2. The maximum Gasteiger partial charge on any atom is 0.233 e. The summed E-state index contributed by atoms with van der Waals surface area (Å²) < 4.78 is 7.90. The molecule has 8 heteroatoms. The van der Waals surface area contributed by atoms with Gasteiger partial charge in [0.05, 0.1) is 22.8 Å². The fourth-order valence-electron chi connectivity index (χ4n) is 2.72. The van der Waals surface area contributed by atoms with E-state index in [0.717, 1.165) is 48.3 Å². The predicted molar refractivity (Wildman–Crippen MR) is 101 cm³/mol. The van der Waals surface area contributed by atoms with Crippen LogP contribution in [-0.4, -0.2) is 45.2 Å². The van der Waals surface area contributed by atoms with Gasteiger partial charge in [-0.2, -0.15) is 0 Å². The van der Waals surface area contributed by atoms with E-state index < -0.39 is 0 Å². The maximum atomic E-state index is 12.2. The number of thioether (sulfide) groups is 1. The van der Waals surface area contributed by atoms with Gasteiger partial charge in [0, 0.05) is 13.2 Å². The summed E-state index contributed by atoms with van der Waals surface area (Å²) >= 11 is 3.10. The molecule has 136 valence electrons. The summed E-state index contributed by atoms with van der Waals surface area (Å²) in [5.41, 5.74) is 0. The first-order chi connectivity index (χ1) is 12.2. The molecule has 1 N–H and O–H groups in total. The van der Waals surface area contributed by atoms with Crippen LogP contribution in [0.15, 0.2) is 22.7 Å². The van der Waals surface area contributed by atoms with E-state index in [4.69, 9.17) is 4.74 Å². The number of carbonyl (C=O) groups is 1. The highest BCUT2D eigenvalue weighted by Crippen LogP contribution is 2.30. The number of rotatable bonds is 8. The molecule has 0 aliphatic carbocycles. The molecule has 2 atom stereocenters. The van der Waals surface area contributed by atoms with Crippen LogP contribution in [0.3, 0.4) is 0 Å². The van der Waals surface area contributed by atoms with Crippen LogP contribution in [0.1, 0.15) is 33.1 Å². The maximum absolute atomic E-state index is 12.2. The van der Waals surface area contributed by atoms with Crippen LogP contribution in [0.5, 0.6) is 0 Å². The number of hydrogen-bond acceptors (Lipinski definition) is 6. The first-order valence-corrected chi connectivity index (χ1v) is 10.5. The highest BCUT2D eigenvalue weighted by atomic mass is 32.2. The second-order valence-corrected chi connectivity index (χ2v) is 8.34. The number of nitrogens with zero attached hydrogens (tertiary/aromatic N) is 3. The minimum Gasteiger partial charge on any atom is -0.376 e. The summed E-state index contributed by atoms with van der Waals surface area (Å²) in [5, 5.41) is 14.3. The molecule has 0 bridgehead atoms. The molecule has 0 spiro atoms. The predicted octanol–water partition coefficient (Wildman–Crippen LogP) is 3.19. The Morgan fingerprint density at radius 1 is 1.56 bits per heavy atom. The normalized spacial score (nSPS) is 18.4. The van der Waals surface area contributed by atoms with Gasteiger partial charge in [0.25, 0.3) is 0 Å². The molecule has 2 aromatic heterocycles. The molecule has 0 saturated carbocycles. The molecule has 3 heterocycles. The van der Waals surface area contributed by atoms with Crippen molar-refractivity contribution in [1.29, 1.82) is 0 Å². The molecule has 6 nitrogen and oxygen atoms in total. The molecule has 2 aromatic rings. The van der Waals surface area contributed by atoms with Gasteiger partial charge in [-0.1, -0.05) is 24.8 Å². The van der Waals surface area contributed by atoms with E-state index in [1.54, 1.807) is 11.3 Å². The minimum absolute atomic E-state index is 0.0381. The number of hydrogen-bond donors (Lipinski definition) is 1. The largest absolute Gasteiger partial charge is 0.376 e. The van der Waals surface area contributed by atoms with Crippen LogP contribution >= 0.6 is 23.1 Å². The smallest absolute Gasteiger partial charge is 0.233 e. The molecule has 0 radical (unpaired) electrons. The zero-order valence-electron chi connectivity index (χ0n) is 14.6. The Morgan fingerprint density at radius 3 is 3.12 bits per heavy atom. The quantitative estimate of drug-likeness (QED) is 0.712. The van der Waals surface area contributed by atoms with Crippen LogP contribution in [-0.2, 0) is 16.1 Å². The van der Waals surface area contributed by atoms with Crippen molar-refractivity contribution in [3.05, 3.63) is 17.5 Å². The van der Waals surface area contributed by atoms with Crippen LogP contribution in [0, 0.1) is 0 Å².